The van der Waals surface area contributed by atoms with Gasteiger partial charge in [-0.2, -0.15) is 5.10 Å². The van der Waals surface area contributed by atoms with E-state index >= 15 is 0 Å². The summed E-state index contributed by atoms with van der Waals surface area (Å²) < 4.78 is 1.68. The SMILES string of the molecule is O=C(O)Cc1ccn(-c2cccs2)n1. The molecule has 14 heavy (non-hydrogen) atoms. The summed E-state index contributed by atoms with van der Waals surface area (Å²) in [4.78, 5) is 10.4. The highest BCUT2D eigenvalue weighted by Gasteiger charge is 2.05. The Morgan fingerprint density at radius 2 is 2.43 bits per heavy atom. The van der Waals surface area contributed by atoms with Gasteiger partial charge in [0.2, 0.25) is 0 Å². The average molecular weight is 208 g/mol. The fourth-order valence-electron chi connectivity index (χ4n) is 1.13. The van der Waals surface area contributed by atoms with Crippen molar-refractivity contribution in [1.82, 2.24) is 9.78 Å². The Morgan fingerprint density at radius 3 is 3.07 bits per heavy atom. The molecule has 0 aliphatic heterocycles. The standard InChI is InChI=1S/C9H8N2O2S/c12-9(13)6-7-3-4-11(10-7)8-2-1-5-14-8/h1-5H,6H2,(H,12,13). The normalized spacial score (nSPS) is 10.3. The highest BCUT2D eigenvalue weighted by atomic mass is 32.1. The van der Waals surface area contributed by atoms with E-state index in [0.29, 0.717) is 5.69 Å². The Hall–Kier alpha value is -1.62. The third-order valence-electron chi connectivity index (χ3n) is 1.71. The fourth-order valence-corrected chi connectivity index (χ4v) is 1.80. The number of carboxylic acids is 1. The van der Waals surface area contributed by atoms with Gasteiger partial charge in [0.1, 0.15) is 5.00 Å². The number of aliphatic carboxylic acids is 1. The van der Waals surface area contributed by atoms with E-state index in [0.717, 1.165) is 5.00 Å². The molecule has 0 unspecified atom stereocenters. The molecule has 2 aromatic heterocycles. The van der Waals surface area contributed by atoms with Gasteiger partial charge in [0.15, 0.2) is 0 Å². The average Bonchev–Trinajstić information content (AvgIpc) is 2.69. The molecule has 0 fully saturated rings. The number of hydrogen-bond acceptors (Lipinski definition) is 3. The summed E-state index contributed by atoms with van der Waals surface area (Å²) >= 11 is 1.56. The van der Waals surface area contributed by atoms with Crippen LogP contribution in [0.15, 0.2) is 29.8 Å². The lowest BCUT2D eigenvalue weighted by atomic mass is 10.3. The number of nitrogens with zero attached hydrogens (tertiary/aromatic N) is 2. The largest absolute Gasteiger partial charge is 0.481 e. The van der Waals surface area contributed by atoms with Crippen LogP contribution >= 0.6 is 11.3 Å². The summed E-state index contributed by atoms with van der Waals surface area (Å²) in [5.41, 5.74) is 0.575. The Bertz CT molecular complexity index is 433. The lowest BCUT2D eigenvalue weighted by molar-refractivity contribution is -0.136. The van der Waals surface area contributed by atoms with Gasteiger partial charge < -0.3 is 5.11 Å². The van der Waals surface area contributed by atoms with E-state index in [4.69, 9.17) is 5.11 Å². The predicted molar refractivity (Wildman–Crippen MR) is 52.8 cm³/mol. The number of rotatable bonds is 3. The van der Waals surface area contributed by atoms with Gasteiger partial charge in [0.25, 0.3) is 0 Å². The minimum atomic E-state index is -0.860. The van der Waals surface area contributed by atoms with Gasteiger partial charge in [-0.3, -0.25) is 4.79 Å². The van der Waals surface area contributed by atoms with Crippen molar-refractivity contribution < 1.29 is 9.90 Å². The van der Waals surface area contributed by atoms with Crippen molar-refractivity contribution in [3.05, 3.63) is 35.5 Å². The molecular formula is C9H8N2O2S. The van der Waals surface area contributed by atoms with Gasteiger partial charge in [0, 0.05) is 6.20 Å². The lowest BCUT2D eigenvalue weighted by Crippen LogP contribution is -2.01. The molecule has 0 aliphatic rings. The Balaban J connectivity index is 2.22. The quantitative estimate of drug-likeness (QED) is 0.832. The second-order valence-electron chi connectivity index (χ2n) is 2.77. The van der Waals surface area contributed by atoms with E-state index in [1.807, 2.05) is 17.5 Å². The summed E-state index contributed by atoms with van der Waals surface area (Å²) in [6.07, 6.45) is 1.74. The summed E-state index contributed by atoms with van der Waals surface area (Å²) in [7, 11) is 0. The Morgan fingerprint density at radius 1 is 1.57 bits per heavy atom. The molecule has 1 N–H and O–H groups in total. The van der Waals surface area contributed by atoms with E-state index in [2.05, 4.69) is 5.10 Å². The van der Waals surface area contributed by atoms with Gasteiger partial charge >= 0.3 is 5.97 Å². The van der Waals surface area contributed by atoms with Crippen molar-refractivity contribution in [3.8, 4) is 5.00 Å². The first-order valence-corrected chi connectivity index (χ1v) is 4.94. The van der Waals surface area contributed by atoms with Crippen LogP contribution in [-0.4, -0.2) is 20.9 Å². The van der Waals surface area contributed by atoms with E-state index < -0.39 is 5.97 Å². The Kier molecular flexibility index (Phi) is 2.32. The minimum absolute atomic E-state index is 0.0294. The van der Waals surface area contributed by atoms with Crippen molar-refractivity contribution in [1.29, 1.82) is 0 Å². The highest BCUT2D eigenvalue weighted by molar-refractivity contribution is 7.12. The maximum Gasteiger partial charge on any atom is 0.309 e. The zero-order chi connectivity index (χ0) is 9.97. The van der Waals surface area contributed by atoms with Gasteiger partial charge in [0.05, 0.1) is 12.1 Å². The highest BCUT2D eigenvalue weighted by Crippen LogP contribution is 2.14. The van der Waals surface area contributed by atoms with Crippen molar-refractivity contribution in [2.45, 2.75) is 6.42 Å². The first kappa shape index (κ1) is 8.96. The number of carbonyl (C=O) groups is 1. The zero-order valence-electron chi connectivity index (χ0n) is 7.25. The van der Waals surface area contributed by atoms with Crippen molar-refractivity contribution in [2.75, 3.05) is 0 Å². The molecule has 4 nitrogen and oxygen atoms in total. The van der Waals surface area contributed by atoms with Crippen LogP contribution in [0.5, 0.6) is 0 Å². The molecule has 0 aliphatic carbocycles. The van der Waals surface area contributed by atoms with Crippen molar-refractivity contribution in [2.24, 2.45) is 0 Å². The van der Waals surface area contributed by atoms with E-state index in [1.165, 1.54) is 0 Å². The summed E-state index contributed by atoms with van der Waals surface area (Å²) in [6, 6.07) is 5.58. The Labute approximate surface area is 84.4 Å². The number of aromatic nitrogens is 2. The maximum atomic E-state index is 10.4. The molecule has 2 heterocycles. The summed E-state index contributed by atoms with van der Waals surface area (Å²) in [5, 5.41) is 15.6. The molecular weight excluding hydrogens is 200 g/mol. The van der Waals surface area contributed by atoms with E-state index in [1.54, 1.807) is 28.3 Å². The van der Waals surface area contributed by atoms with Gasteiger partial charge in [-0.15, -0.1) is 11.3 Å². The molecule has 2 rings (SSSR count). The molecule has 0 radical (unpaired) electrons. The second kappa shape index (κ2) is 3.63. The van der Waals surface area contributed by atoms with Crippen LogP contribution in [0.3, 0.4) is 0 Å². The van der Waals surface area contributed by atoms with Gasteiger partial charge in [-0.25, -0.2) is 4.68 Å². The topological polar surface area (TPSA) is 55.1 Å². The molecule has 72 valence electrons. The smallest absolute Gasteiger partial charge is 0.309 e. The van der Waals surface area contributed by atoms with Crippen molar-refractivity contribution in [3.63, 3.8) is 0 Å². The molecule has 2 aromatic rings. The summed E-state index contributed by atoms with van der Waals surface area (Å²) in [5.74, 6) is -0.860. The van der Waals surface area contributed by atoms with Gasteiger partial charge in [-0.05, 0) is 23.6 Å². The fraction of sp³-hybridized carbons (Fsp3) is 0.111. The van der Waals surface area contributed by atoms with Crippen molar-refractivity contribution >= 4 is 17.3 Å². The third-order valence-corrected chi connectivity index (χ3v) is 2.57. The number of hydrogen-bond donors (Lipinski definition) is 1. The molecule has 0 atom stereocenters. The first-order valence-electron chi connectivity index (χ1n) is 4.06. The van der Waals surface area contributed by atoms with Gasteiger partial charge in [-0.1, -0.05) is 0 Å². The monoisotopic (exact) mass is 208 g/mol. The molecule has 0 bridgehead atoms. The first-order chi connectivity index (χ1) is 6.75. The van der Waals surface area contributed by atoms with Crippen LogP contribution in [0.4, 0.5) is 0 Å². The zero-order valence-corrected chi connectivity index (χ0v) is 8.07. The van der Waals surface area contributed by atoms with E-state index in [9.17, 15) is 4.79 Å². The third kappa shape index (κ3) is 1.82. The van der Waals surface area contributed by atoms with Crippen LogP contribution in [0.25, 0.3) is 5.00 Å². The molecule has 0 aromatic carbocycles. The number of thiophene rings is 1. The molecule has 0 saturated heterocycles. The molecule has 0 saturated carbocycles. The summed E-state index contributed by atoms with van der Waals surface area (Å²) in [6.45, 7) is 0. The van der Waals surface area contributed by atoms with Crippen LogP contribution in [0.1, 0.15) is 5.69 Å². The molecule has 0 spiro atoms. The van der Waals surface area contributed by atoms with Crippen LogP contribution in [0.2, 0.25) is 0 Å². The number of carboxylic acid groups (broad SMARTS) is 1. The maximum absolute atomic E-state index is 10.4. The lowest BCUT2D eigenvalue weighted by Gasteiger charge is -1.94. The minimum Gasteiger partial charge on any atom is -0.481 e. The van der Waals surface area contributed by atoms with Crippen LogP contribution in [0, 0.1) is 0 Å². The molecule has 5 heteroatoms. The van der Waals surface area contributed by atoms with Crippen LogP contribution in [-0.2, 0) is 11.2 Å². The second-order valence-corrected chi connectivity index (χ2v) is 3.70. The van der Waals surface area contributed by atoms with E-state index in [-0.39, 0.29) is 6.42 Å². The van der Waals surface area contributed by atoms with Crippen LogP contribution < -0.4 is 0 Å². The molecule has 0 amide bonds. The predicted octanol–water partition coefficient (Wildman–Crippen LogP) is 1.56.